The van der Waals surface area contributed by atoms with Crippen LogP contribution >= 0.6 is 0 Å². The van der Waals surface area contributed by atoms with E-state index in [1.54, 1.807) is 24.3 Å². The van der Waals surface area contributed by atoms with Crippen molar-refractivity contribution in [1.29, 1.82) is 0 Å². The first-order valence-corrected chi connectivity index (χ1v) is 9.58. The average molecular weight is 384 g/mol. The highest BCUT2D eigenvalue weighted by Crippen LogP contribution is 2.19. The van der Waals surface area contributed by atoms with Gasteiger partial charge in [0.15, 0.2) is 0 Å². The molecular formula is C20H17FN2O3S. The molecule has 0 aliphatic carbocycles. The number of carbonyl (C=O) groups excluding carboxylic acids is 1. The van der Waals surface area contributed by atoms with Gasteiger partial charge in [0.2, 0.25) is 0 Å². The standard InChI is InChI=1S/C20H17FN2O3S/c1-14-5-9-17(10-6-14)22-20(24)15-3-2-4-18(13-15)23-27(25,26)19-11-7-16(21)8-12-19/h2-13,23H,1H3,(H,22,24). The fraction of sp³-hybridized carbons (Fsp3) is 0.0500. The number of carbonyl (C=O) groups is 1. The molecule has 138 valence electrons. The molecule has 0 fully saturated rings. The van der Waals surface area contributed by atoms with E-state index < -0.39 is 15.8 Å². The minimum absolute atomic E-state index is 0.0709. The summed E-state index contributed by atoms with van der Waals surface area (Å²) in [5.74, 6) is -0.884. The van der Waals surface area contributed by atoms with Gasteiger partial charge in [-0.25, -0.2) is 12.8 Å². The molecule has 0 bridgehead atoms. The van der Waals surface area contributed by atoms with Crippen LogP contribution in [0.15, 0.2) is 77.7 Å². The maximum atomic E-state index is 13.0. The molecule has 3 rings (SSSR count). The van der Waals surface area contributed by atoms with E-state index in [0.717, 1.165) is 17.7 Å². The second-order valence-electron chi connectivity index (χ2n) is 5.96. The molecule has 1 amide bonds. The van der Waals surface area contributed by atoms with Crippen molar-refractivity contribution in [1.82, 2.24) is 0 Å². The fourth-order valence-electron chi connectivity index (χ4n) is 2.39. The summed E-state index contributed by atoms with van der Waals surface area (Å²) in [6, 6.07) is 17.9. The Morgan fingerprint density at radius 3 is 2.22 bits per heavy atom. The van der Waals surface area contributed by atoms with Crippen LogP contribution in [0.5, 0.6) is 0 Å². The van der Waals surface area contributed by atoms with Gasteiger partial charge in [-0.3, -0.25) is 9.52 Å². The number of hydrogen-bond acceptors (Lipinski definition) is 3. The van der Waals surface area contributed by atoms with E-state index in [1.807, 2.05) is 19.1 Å². The van der Waals surface area contributed by atoms with E-state index in [0.29, 0.717) is 11.3 Å². The van der Waals surface area contributed by atoms with Gasteiger partial charge >= 0.3 is 0 Å². The largest absolute Gasteiger partial charge is 0.322 e. The summed E-state index contributed by atoms with van der Waals surface area (Å²) >= 11 is 0. The number of anilines is 2. The Hall–Kier alpha value is -3.19. The molecule has 0 aliphatic rings. The third-order valence-electron chi connectivity index (χ3n) is 3.81. The molecule has 0 saturated heterocycles. The number of amides is 1. The van der Waals surface area contributed by atoms with Crippen molar-refractivity contribution in [2.75, 3.05) is 10.0 Å². The van der Waals surface area contributed by atoms with E-state index in [-0.39, 0.29) is 16.5 Å². The molecular weight excluding hydrogens is 367 g/mol. The monoisotopic (exact) mass is 384 g/mol. The maximum absolute atomic E-state index is 13.0. The molecule has 0 radical (unpaired) electrons. The lowest BCUT2D eigenvalue weighted by Crippen LogP contribution is -2.15. The summed E-state index contributed by atoms with van der Waals surface area (Å²) in [7, 11) is -3.88. The third kappa shape index (κ3) is 4.71. The normalized spacial score (nSPS) is 11.0. The van der Waals surface area contributed by atoms with Gasteiger partial charge in [-0.2, -0.15) is 0 Å². The maximum Gasteiger partial charge on any atom is 0.261 e. The van der Waals surface area contributed by atoms with Crippen molar-refractivity contribution >= 4 is 27.3 Å². The van der Waals surface area contributed by atoms with Crippen LogP contribution in [0.3, 0.4) is 0 Å². The number of nitrogens with one attached hydrogen (secondary N) is 2. The summed E-state index contributed by atoms with van der Waals surface area (Å²) in [5.41, 5.74) is 2.25. The highest BCUT2D eigenvalue weighted by molar-refractivity contribution is 7.92. The first-order chi connectivity index (χ1) is 12.8. The zero-order valence-corrected chi connectivity index (χ0v) is 15.3. The first-order valence-electron chi connectivity index (χ1n) is 8.10. The number of aryl methyl sites for hydroxylation is 1. The summed E-state index contributed by atoms with van der Waals surface area (Å²) in [6.45, 7) is 1.95. The number of rotatable bonds is 5. The molecule has 0 aromatic heterocycles. The quantitative estimate of drug-likeness (QED) is 0.693. The minimum Gasteiger partial charge on any atom is -0.322 e. The molecule has 0 spiro atoms. The lowest BCUT2D eigenvalue weighted by atomic mass is 10.2. The van der Waals surface area contributed by atoms with Crippen LogP contribution in [-0.2, 0) is 10.0 Å². The topological polar surface area (TPSA) is 75.3 Å². The third-order valence-corrected chi connectivity index (χ3v) is 5.21. The molecule has 7 heteroatoms. The van der Waals surface area contributed by atoms with Crippen LogP contribution in [-0.4, -0.2) is 14.3 Å². The predicted molar refractivity (Wildman–Crippen MR) is 103 cm³/mol. The molecule has 0 heterocycles. The summed E-state index contributed by atoms with van der Waals surface area (Å²) in [6.07, 6.45) is 0. The van der Waals surface area contributed by atoms with Crippen LogP contribution in [0, 0.1) is 12.7 Å². The highest BCUT2D eigenvalue weighted by atomic mass is 32.2. The zero-order valence-electron chi connectivity index (χ0n) is 14.4. The molecule has 27 heavy (non-hydrogen) atoms. The Morgan fingerprint density at radius 2 is 1.56 bits per heavy atom. The van der Waals surface area contributed by atoms with Gasteiger partial charge in [-0.1, -0.05) is 23.8 Å². The van der Waals surface area contributed by atoms with E-state index in [4.69, 9.17) is 0 Å². The number of halogens is 1. The second kappa shape index (κ2) is 7.59. The minimum atomic E-state index is -3.88. The molecule has 0 aliphatic heterocycles. The Morgan fingerprint density at radius 1 is 0.889 bits per heavy atom. The van der Waals surface area contributed by atoms with Crippen LogP contribution in [0.2, 0.25) is 0 Å². The van der Waals surface area contributed by atoms with Crippen LogP contribution in [0.25, 0.3) is 0 Å². The molecule has 0 unspecified atom stereocenters. The van der Waals surface area contributed by atoms with Gasteiger partial charge in [0.25, 0.3) is 15.9 Å². The Balaban J connectivity index is 1.77. The van der Waals surface area contributed by atoms with E-state index in [2.05, 4.69) is 10.0 Å². The van der Waals surface area contributed by atoms with Crippen LogP contribution in [0.4, 0.5) is 15.8 Å². The summed E-state index contributed by atoms with van der Waals surface area (Å²) < 4.78 is 40.1. The SMILES string of the molecule is Cc1ccc(NC(=O)c2cccc(NS(=O)(=O)c3ccc(F)cc3)c2)cc1. The molecule has 3 aromatic carbocycles. The van der Waals surface area contributed by atoms with Crippen LogP contribution < -0.4 is 10.0 Å². The molecule has 5 nitrogen and oxygen atoms in total. The Labute approximate surface area is 156 Å². The van der Waals surface area contributed by atoms with Crippen molar-refractivity contribution in [2.24, 2.45) is 0 Å². The van der Waals surface area contributed by atoms with Gasteiger partial charge in [-0.15, -0.1) is 0 Å². The van der Waals surface area contributed by atoms with Crippen molar-refractivity contribution in [3.8, 4) is 0 Å². The van der Waals surface area contributed by atoms with E-state index in [9.17, 15) is 17.6 Å². The van der Waals surface area contributed by atoms with E-state index in [1.165, 1.54) is 24.3 Å². The predicted octanol–water partition coefficient (Wildman–Crippen LogP) is 4.19. The number of benzene rings is 3. The van der Waals surface area contributed by atoms with E-state index >= 15 is 0 Å². The number of sulfonamides is 1. The van der Waals surface area contributed by atoms with Crippen molar-refractivity contribution in [3.63, 3.8) is 0 Å². The van der Waals surface area contributed by atoms with Gasteiger partial charge in [0.1, 0.15) is 5.82 Å². The molecule has 0 saturated carbocycles. The summed E-state index contributed by atoms with van der Waals surface area (Å²) in [5, 5.41) is 2.76. The first kappa shape index (κ1) is 18.6. The van der Waals surface area contributed by atoms with Crippen LogP contribution in [0.1, 0.15) is 15.9 Å². The average Bonchev–Trinajstić information content (AvgIpc) is 2.64. The Bertz CT molecular complexity index is 1060. The van der Waals surface area contributed by atoms with Gasteiger partial charge in [0, 0.05) is 16.9 Å². The lowest BCUT2D eigenvalue weighted by Gasteiger charge is -2.10. The molecule has 3 aromatic rings. The van der Waals surface area contributed by atoms with Gasteiger partial charge in [0.05, 0.1) is 4.90 Å². The van der Waals surface area contributed by atoms with Gasteiger partial charge in [-0.05, 0) is 61.5 Å². The number of hydrogen-bond donors (Lipinski definition) is 2. The van der Waals surface area contributed by atoms with Crippen molar-refractivity contribution in [3.05, 3.63) is 89.7 Å². The van der Waals surface area contributed by atoms with Gasteiger partial charge < -0.3 is 5.32 Å². The molecule has 0 atom stereocenters. The molecule has 2 N–H and O–H groups in total. The van der Waals surface area contributed by atoms with Crippen molar-refractivity contribution < 1.29 is 17.6 Å². The summed E-state index contributed by atoms with van der Waals surface area (Å²) in [4.78, 5) is 12.3. The second-order valence-corrected chi connectivity index (χ2v) is 7.64. The smallest absolute Gasteiger partial charge is 0.261 e. The van der Waals surface area contributed by atoms with Crippen molar-refractivity contribution in [2.45, 2.75) is 11.8 Å². The fourth-order valence-corrected chi connectivity index (χ4v) is 3.44. The highest BCUT2D eigenvalue weighted by Gasteiger charge is 2.15. The lowest BCUT2D eigenvalue weighted by molar-refractivity contribution is 0.102. The zero-order chi connectivity index (χ0) is 19.4. The Kier molecular flexibility index (Phi) is 5.23.